The van der Waals surface area contributed by atoms with E-state index in [0.717, 1.165) is 17.4 Å². The molecule has 2 N–H and O–H groups in total. The van der Waals surface area contributed by atoms with Gasteiger partial charge in [0.15, 0.2) is 0 Å². The Balaban J connectivity index is 2.14. The monoisotopic (exact) mass is 297 g/mol. The lowest BCUT2D eigenvalue weighted by molar-refractivity contribution is 0.0660. The van der Waals surface area contributed by atoms with Crippen LogP contribution in [0.5, 0.6) is 0 Å². The molecule has 1 amide bonds. The van der Waals surface area contributed by atoms with Gasteiger partial charge in [-0.15, -0.1) is 0 Å². The van der Waals surface area contributed by atoms with Crippen molar-refractivity contribution in [3.05, 3.63) is 28.5 Å². The van der Waals surface area contributed by atoms with Crippen molar-refractivity contribution in [2.45, 2.75) is 19.4 Å². The number of carbonyl (C=O) groups excluding carboxylic acids is 1. The van der Waals surface area contributed by atoms with E-state index in [2.05, 4.69) is 27.8 Å². The van der Waals surface area contributed by atoms with Crippen LogP contribution >= 0.6 is 15.9 Å². The SMILES string of the molecule is CC1CC(N)CN(C(=O)c2cncc(Br)c2)C1. The summed E-state index contributed by atoms with van der Waals surface area (Å²) in [5.74, 6) is 0.476. The summed E-state index contributed by atoms with van der Waals surface area (Å²) in [6.07, 6.45) is 4.25. The maximum Gasteiger partial charge on any atom is 0.255 e. The third-order valence-electron chi connectivity index (χ3n) is 2.93. The van der Waals surface area contributed by atoms with Gasteiger partial charge in [0.2, 0.25) is 0 Å². The maximum atomic E-state index is 12.3. The molecule has 2 heterocycles. The summed E-state index contributed by atoms with van der Waals surface area (Å²) < 4.78 is 0.817. The largest absolute Gasteiger partial charge is 0.337 e. The minimum absolute atomic E-state index is 0.0146. The smallest absolute Gasteiger partial charge is 0.255 e. The summed E-state index contributed by atoms with van der Waals surface area (Å²) in [6.45, 7) is 3.53. The van der Waals surface area contributed by atoms with E-state index in [1.165, 1.54) is 0 Å². The minimum atomic E-state index is 0.0146. The number of carbonyl (C=O) groups is 1. The Morgan fingerprint density at radius 2 is 2.29 bits per heavy atom. The van der Waals surface area contributed by atoms with Crippen LogP contribution in [0.4, 0.5) is 0 Å². The summed E-state index contributed by atoms with van der Waals surface area (Å²) >= 11 is 3.32. The number of likely N-dealkylation sites (tertiary alicyclic amines) is 1. The quantitative estimate of drug-likeness (QED) is 0.857. The number of rotatable bonds is 1. The van der Waals surface area contributed by atoms with E-state index >= 15 is 0 Å². The minimum Gasteiger partial charge on any atom is -0.337 e. The molecular weight excluding hydrogens is 282 g/mol. The normalized spacial score (nSPS) is 24.8. The van der Waals surface area contributed by atoms with Gasteiger partial charge in [0.1, 0.15) is 0 Å². The topological polar surface area (TPSA) is 59.2 Å². The number of hydrogen-bond acceptors (Lipinski definition) is 3. The van der Waals surface area contributed by atoms with Gasteiger partial charge in [0.05, 0.1) is 5.56 Å². The van der Waals surface area contributed by atoms with Gasteiger partial charge in [0, 0.05) is 36.0 Å². The van der Waals surface area contributed by atoms with Gasteiger partial charge in [-0.2, -0.15) is 0 Å². The van der Waals surface area contributed by atoms with Gasteiger partial charge in [-0.25, -0.2) is 0 Å². The number of hydrogen-bond donors (Lipinski definition) is 1. The Morgan fingerprint density at radius 1 is 1.53 bits per heavy atom. The first-order chi connectivity index (χ1) is 8.06. The predicted octanol–water partition coefficient (Wildman–Crippen LogP) is 1.65. The summed E-state index contributed by atoms with van der Waals surface area (Å²) in [5, 5.41) is 0. The van der Waals surface area contributed by atoms with E-state index in [9.17, 15) is 4.79 Å². The number of piperidine rings is 1. The molecule has 5 heteroatoms. The molecule has 0 saturated carbocycles. The number of nitrogens with zero attached hydrogens (tertiary/aromatic N) is 2. The molecule has 2 atom stereocenters. The molecule has 4 nitrogen and oxygen atoms in total. The maximum absolute atomic E-state index is 12.3. The highest BCUT2D eigenvalue weighted by molar-refractivity contribution is 9.10. The summed E-state index contributed by atoms with van der Waals surface area (Å²) in [5.41, 5.74) is 6.55. The summed E-state index contributed by atoms with van der Waals surface area (Å²) in [6, 6.07) is 1.88. The molecule has 0 spiro atoms. The van der Waals surface area contributed by atoms with Crippen molar-refractivity contribution in [3.8, 4) is 0 Å². The molecule has 1 fully saturated rings. The van der Waals surface area contributed by atoms with E-state index in [0.29, 0.717) is 18.0 Å². The lowest BCUT2D eigenvalue weighted by atomic mass is 9.96. The van der Waals surface area contributed by atoms with Crippen LogP contribution in [0, 0.1) is 5.92 Å². The number of pyridine rings is 1. The van der Waals surface area contributed by atoms with Gasteiger partial charge in [-0.1, -0.05) is 6.92 Å². The van der Waals surface area contributed by atoms with Crippen LogP contribution < -0.4 is 5.73 Å². The Kier molecular flexibility index (Phi) is 3.79. The van der Waals surface area contributed by atoms with Crippen LogP contribution in [0.25, 0.3) is 0 Å². The molecular formula is C12H16BrN3O. The molecule has 1 aliphatic heterocycles. The summed E-state index contributed by atoms with van der Waals surface area (Å²) in [4.78, 5) is 18.1. The Labute approximate surface area is 109 Å². The van der Waals surface area contributed by atoms with Crippen molar-refractivity contribution >= 4 is 21.8 Å². The number of aromatic nitrogens is 1. The first-order valence-corrected chi connectivity index (χ1v) is 6.51. The first kappa shape index (κ1) is 12.5. The zero-order chi connectivity index (χ0) is 12.4. The van der Waals surface area contributed by atoms with Crippen molar-refractivity contribution in [2.24, 2.45) is 11.7 Å². The second kappa shape index (κ2) is 5.14. The molecule has 1 aliphatic rings. The molecule has 1 aromatic rings. The average molecular weight is 298 g/mol. The van der Waals surface area contributed by atoms with E-state index in [-0.39, 0.29) is 11.9 Å². The van der Waals surface area contributed by atoms with E-state index < -0.39 is 0 Å². The molecule has 0 aliphatic carbocycles. The Hall–Kier alpha value is -0.940. The highest BCUT2D eigenvalue weighted by atomic mass is 79.9. The Bertz CT molecular complexity index is 414. The van der Waals surface area contributed by atoms with Gasteiger partial charge < -0.3 is 10.6 Å². The third kappa shape index (κ3) is 3.04. The lowest BCUT2D eigenvalue weighted by Crippen LogP contribution is -2.48. The summed E-state index contributed by atoms with van der Waals surface area (Å²) in [7, 11) is 0. The fourth-order valence-electron chi connectivity index (χ4n) is 2.28. The number of nitrogens with two attached hydrogens (primary N) is 1. The third-order valence-corrected chi connectivity index (χ3v) is 3.36. The fourth-order valence-corrected chi connectivity index (χ4v) is 2.64. The standard InChI is InChI=1S/C12H16BrN3O/c1-8-2-11(14)7-16(6-8)12(17)9-3-10(13)5-15-4-9/h3-5,8,11H,2,6-7,14H2,1H3. The van der Waals surface area contributed by atoms with Gasteiger partial charge >= 0.3 is 0 Å². The van der Waals surface area contributed by atoms with E-state index in [1.807, 2.05) is 4.90 Å². The molecule has 1 saturated heterocycles. The van der Waals surface area contributed by atoms with E-state index in [1.54, 1.807) is 18.5 Å². The van der Waals surface area contributed by atoms with Gasteiger partial charge in [-0.3, -0.25) is 9.78 Å². The molecule has 17 heavy (non-hydrogen) atoms. The Morgan fingerprint density at radius 3 is 2.94 bits per heavy atom. The van der Waals surface area contributed by atoms with Crippen LogP contribution in [-0.2, 0) is 0 Å². The van der Waals surface area contributed by atoms with Crippen molar-refractivity contribution < 1.29 is 4.79 Å². The van der Waals surface area contributed by atoms with Crippen molar-refractivity contribution in [1.82, 2.24) is 9.88 Å². The number of halogens is 1. The van der Waals surface area contributed by atoms with Crippen LogP contribution in [0.15, 0.2) is 22.9 Å². The van der Waals surface area contributed by atoms with Crippen molar-refractivity contribution in [1.29, 1.82) is 0 Å². The van der Waals surface area contributed by atoms with Crippen molar-refractivity contribution in [2.75, 3.05) is 13.1 Å². The van der Waals surface area contributed by atoms with Gasteiger partial charge in [-0.05, 0) is 34.3 Å². The predicted molar refractivity (Wildman–Crippen MR) is 69.6 cm³/mol. The molecule has 1 aromatic heterocycles. The number of amides is 1. The molecule has 2 unspecified atom stereocenters. The zero-order valence-corrected chi connectivity index (χ0v) is 11.4. The molecule has 0 aromatic carbocycles. The molecule has 0 bridgehead atoms. The lowest BCUT2D eigenvalue weighted by Gasteiger charge is -2.34. The average Bonchev–Trinajstić information content (AvgIpc) is 2.26. The highest BCUT2D eigenvalue weighted by Gasteiger charge is 2.26. The first-order valence-electron chi connectivity index (χ1n) is 5.71. The van der Waals surface area contributed by atoms with E-state index in [4.69, 9.17) is 5.73 Å². The second-order valence-electron chi connectivity index (χ2n) is 4.70. The van der Waals surface area contributed by atoms with Crippen molar-refractivity contribution in [3.63, 3.8) is 0 Å². The zero-order valence-electron chi connectivity index (χ0n) is 9.77. The molecule has 92 valence electrons. The highest BCUT2D eigenvalue weighted by Crippen LogP contribution is 2.18. The fraction of sp³-hybridized carbons (Fsp3) is 0.500. The van der Waals surface area contributed by atoms with Crippen LogP contribution in [-0.4, -0.2) is 34.9 Å². The molecule has 0 radical (unpaired) electrons. The van der Waals surface area contributed by atoms with Crippen LogP contribution in [0.2, 0.25) is 0 Å². The second-order valence-corrected chi connectivity index (χ2v) is 5.62. The van der Waals surface area contributed by atoms with Crippen LogP contribution in [0.1, 0.15) is 23.7 Å². The van der Waals surface area contributed by atoms with Gasteiger partial charge in [0.25, 0.3) is 5.91 Å². The van der Waals surface area contributed by atoms with Crippen LogP contribution in [0.3, 0.4) is 0 Å². The molecule has 2 rings (SSSR count).